The van der Waals surface area contributed by atoms with Gasteiger partial charge in [-0.2, -0.15) is 5.26 Å². The Kier molecular flexibility index (Phi) is 3.72. The Morgan fingerprint density at radius 2 is 2.19 bits per heavy atom. The van der Waals surface area contributed by atoms with Crippen molar-refractivity contribution in [3.63, 3.8) is 0 Å². The lowest BCUT2D eigenvalue weighted by molar-refractivity contribution is -0.276. The minimum atomic E-state index is -4.84. The van der Waals surface area contributed by atoms with Crippen molar-refractivity contribution in [1.82, 2.24) is 4.98 Å². The molecule has 0 amide bonds. The maximum Gasteiger partial charge on any atom is 0.574 e. The van der Waals surface area contributed by atoms with E-state index in [1.54, 1.807) is 6.07 Å². The summed E-state index contributed by atoms with van der Waals surface area (Å²) in [7, 11) is 0. The van der Waals surface area contributed by atoms with E-state index in [9.17, 15) is 13.2 Å². The van der Waals surface area contributed by atoms with Gasteiger partial charge in [-0.25, -0.2) is 4.98 Å². The first-order chi connectivity index (χ1) is 7.39. The summed E-state index contributed by atoms with van der Waals surface area (Å²) in [6, 6.07) is 1.76. The molecule has 1 aromatic rings. The van der Waals surface area contributed by atoms with Crippen molar-refractivity contribution in [3.8, 4) is 11.9 Å². The maximum absolute atomic E-state index is 12.0. The molecule has 0 aromatic carbocycles. The molecule has 0 aliphatic heterocycles. The second kappa shape index (κ2) is 4.67. The van der Waals surface area contributed by atoms with Crippen LogP contribution < -0.4 is 10.5 Å². The Morgan fingerprint density at radius 1 is 1.56 bits per heavy atom. The van der Waals surface area contributed by atoms with Gasteiger partial charge in [-0.1, -0.05) is 0 Å². The van der Waals surface area contributed by atoms with E-state index in [-0.39, 0.29) is 22.1 Å². The molecule has 0 atom stereocenters. The molecule has 0 bridgehead atoms. The molecule has 0 aliphatic rings. The van der Waals surface area contributed by atoms with Gasteiger partial charge in [-0.05, 0) is 15.9 Å². The first-order valence-corrected chi connectivity index (χ1v) is 4.71. The molecule has 2 N–H and O–H groups in total. The molecular formula is C8H5BrF3N3O. The van der Waals surface area contributed by atoms with Crippen LogP contribution in [0, 0.1) is 11.3 Å². The van der Waals surface area contributed by atoms with E-state index in [2.05, 4.69) is 25.7 Å². The quantitative estimate of drug-likeness (QED) is 0.907. The molecule has 16 heavy (non-hydrogen) atoms. The molecule has 1 aromatic heterocycles. The average Bonchev–Trinajstić information content (AvgIpc) is 2.16. The third kappa shape index (κ3) is 2.84. The molecule has 0 spiro atoms. The summed E-state index contributed by atoms with van der Waals surface area (Å²) in [4.78, 5) is 3.39. The molecule has 0 saturated heterocycles. The van der Waals surface area contributed by atoms with Gasteiger partial charge < -0.3 is 10.5 Å². The Bertz CT molecular complexity index is 441. The summed E-state index contributed by atoms with van der Waals surface area (Å²) >= 11 is 2.97. The van der Waals surface area contributed by atoms with Crippen molar-refractivity contribution >= 4 is 15.9 Å². The second-order valence-corrected chi connectivity index (χ2v) is 3.43. The number of ether oxygens (including phenoxy) is 1. The van der Waals surface area contributed by atoms with Crippen molar-refractivity contribution in [2.45, 2.75) is 12.9 Å². The molecule has 4 nitrogen and oxygen atoms in total. The molecule has 0 unspecified atom stereocenters. The SMILES string of the molecule is N#Cc1cnc(OC(F)(F)F)c(CN)c1Br. The van der Waals surface area contributed by atoms with Crippen LogP contribution in [0.3, 0.4) is 0 Å². The number of hydrogen-bond donors (Lipinski definition) is 1. The van der Waals surface area contributed by atoms with E-state index in [1.807, 2.05) is 0 Å². The number of nitriles is 1. The van der Waals surface area contributed by atoms with Crippen molar-refractivity contribution in [3.05, 3.63) is 21.8 Å². The van der Waals surface area contributed by atoms with Gasteiger partial charge in [-0.3, -0.25) is 0 Å². The fraction of sp³-hybridized carbons (Fsp3) is 0.250. The molecule has 1 heterocycles. The zero-order valence-corrected chi connectivity index (χ0v) is 9.26. The van der Waals surface area contributed by atoms with E-state index in [0.29, 0.717) is 0 Å². The molecule has 8 heteroatoms. The van der Waals surface area contributed by atoms with Crippen LogP contribution in [0.1, 0.15) is 11.1 Å². The molecule has 1 rings (SSSR count). The highest BCUT2D eigenvalue weighted by Crippen LogP contribution is 2.30. The van der Waals surface area contributed by atoms with Crippen molar-refractivity contribution in [2.24, 2.45) is 5.73 Å². The van der Waals surface area contributed by atoms with Gasteiger partial charge in [0.1, 0.15) is 6.07 Å². The predicted octanol–water partition coefficient (Wildman–Crippen LogP) is 2.07. The second-order valence-electron chi connectivity index (χ2n) is 2.63. The van der Waals surface area contributed by atoms with Crippen LogP contribution in [-0.4, -0.2) is 11.3 Å². The highest BCUT2D eigenvalue weighted by atomic mass is 79.9. The standard InChI is InChI=1S/C8H5BrF3N3O/c9-6-4(1-13)3-15-7(5(6)2-14)16-8(10,11)12/h3H,2,14H2. The third-order valence-electron chi connectivity index (χ3n) is 1.61. The normalized spacial score (nSPS) is 11.0. The maximum atomic E-state index is 12.0. The van der Waals surface area contributed by atoms with Crippen LogP contribution in [0.4, 0.5) is 13.2 Å². The summed E-state index contributed by atoms with van der Waals surface area (Å²) in [5.41, 5.74) is 5.36. The Balaban J connectivity index is 3.22. The minimum absolute atomic E-state index is 0.00336. The lowest BCUT2D eigenvalue weighted by atomic mass is 10.2. The number of rotatable bonds is 2. The number of aromatic nitrogens is 1. The monoisotopic (exact) mass is 295 g/mol. The van der Waals surface area contributed by atoms with Crippen LogP contribution in [0.15, 0.2) is 10.7 Å². The molecule has 0 aliphatic carbocycles. The van der Waals surface area contributed by atoms with Crippen LogP contribution >= 0.6 is 15.9 Å². The van der Waals surface area contributed by atoms with Crippen molar-refractivity contribution < 1.29 is 17.9 Å². The van der Waals surface area contributed by atoms with Gasteiger partial charge in [0.25, 0.3) is 0 Å². The highest BCUT2D eigenvalue weighted by molar-refractivity contribution is 9.10. The van der Waals surface area contributed by atoms with E-state index in [0.717, 1.165) is 6.20 Å². The topological polar surface area (TPSA) is 71.9 Å². The van der Waals surface area contributed by atoms with Crippen LogP contribution in [0.2, 0.25) is 0 Å². The van der Waals surface area contributed by atoms with Gasteiger partial charge in [-0.15, -0.1) is 13.2 Å². The van der Waals surface area contributed by atoms with E-state index >= 15 is 0 Å². The fourth-order valence-corrected chi connectivity index (χ4v) is 1.49. The summed E-state index contributed by atoms with van der Waals surface area (Å²) in [5.74, 6) is -0.652. The number of nitrogens with two attached hydrogens (primary N) is 1. The molecular weight excluding hydrogens is 291 g/mol. The summed E-state index contributed by atoms with van der Waals surface area (Å²) in [5, 5.41) is 8.64. The highest BCUT2D eigenvalue weighted by Gasteiger charge is 2.33. The van der Waals surface area contributed by atoms with Crippen LogP contribution in [0.5, 0.6) is 5.88 Å². The zero-order valence-electron chi connectivity index (χ0n) is 7.68. The van der Waals surface area contributed by atoms with Crippen LogP contribution in [-0.2, 0) is 6.54 Å². The number of pyridine rings is 1. The average molecular weight is 296 g/mol. The smallest absolute Gasteiger partial charge is 0.387 e. The predicted molar refractivity (Wildman–Crippen MR) is 51.2 cm³/mol. The number of nitrogens with zero attached hydrogens (tertiary/aromatic N) is 2. The van der Waals surface area contributed by atoms with E-state index < -0.39 is 12.2 Å². The molecule has 0 saturated carbocycles. The van der Waals surface area contributed by atoms with Crippen molar-refractivity contribution in [2.75, 3.05) is 0 Å². The van der Waals surface area contributed by atoms with E-state index in [4.69, 9.17) is 11.0 Å². The Hall–Kier alpha value is -1.33. The first-order valence-electron chi connectivity index (χ1n) is 3.92. The molecule has 0 fully saturated rings. The Labute approximate surface area is 97.0 Å². The Morgan fingerprint density at radius 3 is 2.62 bits per heavy atom. The summed E-state index contributed by atoms with van der Waals surface area (Å²) in [6.45, 7) is -0.228. The zero-order chi connectivity index (χ0) is 12.3. The van der Waals surface area contributed by atoms with Gasteiger partial charge in [0.15, 0.2) is 0 Å². The number of halogens is 4. The largest absolute Gasteiger partial charge is 0.574 e. The number of hydrogen-bond acceptors (Lipinski definition) is 4. The summed E-state index contributed by atoms with van der Waals surface area (Å²) < 4.78 is 39.8. The lowest BCUT2D eigenvalue weighted by Gasteiger charge is -2.12. The van der Waals surface area contributed by atoms with Gasteiger partial charge >= 0.3 is 6.36 Å². The van der Waals surface area contributed by atoms with Crippen LogP contribution in [0.25, 0.3) is 0 Å². The summed E-state index contributed by atoms with van der Waals surface area (Å²) in [6.07, 6.45) is -3.87. The molecule has 86 valence electrons. The fourth-order valence-electron chi connectivity index (χ4n) is 0.967. The van der Waals surface area contributed by atoms with Gasteiger partial charge in [0.05, 0.1) is 5.56 Å². The number of alkyl halides is 3. The van der Waals surface area contributed by atoms with Gasteiger partial charge in [0, 0.05) is 22.8 Å². The first kappa shape index (κ1) is 12.7. The third-order valence-corrected chi connectivity index (χ3v) is 2.51. The lowest BCUT2D eigenvalue weighted by Crippen LogP contribution is -2.20. The minimum Gasteiger partial charge on any atom is -0.387 e. The van der Waals surface area contributed by atoms with Gasteiger partial charge in [0.2, 0.25) is 5.88 Å². The van der Waals surface area contributed by atoms with Crippen molar-refractivity contribution in [1.29, 1.82) is 5.26 Å². The molecule has 0 radical (unpaired) electrons. The van der Waals surface area contributed by atoms with E-state index in [1.165, 1.54) is 0 Å².